The van der Waals surface area contributed by atoms with Crippen molar-refractivity contribution < 1.29 is 13.5 Å². The lowest BCUT2D eigenvalue weighted by atomic mass is 10.2. The molecule has 0 radical (unpaired) electrons. The van der Waals surface area contributed by atoms with Gasteiger partial charge in [-0.3, -0.25) is 0 Å². The van der Waals surface area contributed by atoms with Gasteiger partial charge in [0.25, 0.3) is 0 Å². The van der Waals surface area contributed by atoms with E-state index in [0.29, 0.717) is 12.0 Å². The maximum atomic E-state index is 12.2. The molecule has 0 saturated heterocycles. The van der Waals surface area contributed by atoms with Gasteiger partial charge in [0, 0.05) is 20.2 Å². The Labute approximate surface area is 102 Å². The van der Waals surface area contributed by atoms with E-state index in [1.165, 1.54) is 11.4 Å². The summed E-state index contributed by atoms with van der Waals surface area (Å²) in [5.74, 6) is 0. The first-order valence-electron chi connectivity index (χ1n) is 5.33. The highest BCUT2D eigenvalue weighted by Gasteiger charge is 2.24. The van der Waals surface area contributed by atoms with Gasteiger partial charge in [-0.15, -0.1) is 0 Å². The molecule has 6 heteroatoms. The summed E-state index contributed by atoms with van der Waals surface area (Å²) >= 11 is 0. The third-order valence-electron chi connectivity index (χ3n) is 2.54. The molecule has 0 spiro atoms. The quantitative estimate of drug-likeness (QED) is 0.757. The normalized spacial score (nSPS) is 12.0. The highest BCUT2D eigenvalue weighted by Crippen LogP contribution is 2.25. The minimum atomic E-state index is -3.58. The van der Waals surface area contributed by atoms with Crippen molar-refractivity contribution in [2.45, 2.75) is 18.2 Å². The molecule has 3 N–H and O–H groups in total. The summed E-state index contributed by atoms with van der Waals surface area (Å²) < 4.78 is 25.7. The van der Waals surface area contributed by atoms with Crippen molar-refractivity contribution in [2.75, 3.05) is 25.9 Å². The van der Waals surface area contributed by atoms with Gasteiger partial charge in [-0.1, -0.05) is 12.1 Å². The van der Waals surface area contributed by atoms with Crippen LogP contribution in [0.25, 0.3) is 0 Å². The van der Waals surface area contributed by atoms with Gasteiger partial charge >= 0.3 is 0 Å². The molecule has 0 aliphatic rings. The van der Waals surface area contributed by atoms with Gasteiger partial charge in [0.2, 0.25) is 10.0 Å². The van der Waals surface area contributed by atoms with Gasteiger partial charge in [0.15, 0.2) is 0 Å². The Kier molecular flexibility index (Phi) is 4.50. The first-order chi connectivity index (χ1) is 7.91. The fourth-order valence-corrected chi connectivity index (χ4v) is 3.12. The van der Waals surface area contributed by atoms with E-state index in [1.54, 1.807) is 25.1 Å². The minimum Gasteiger partial charge on any atom is -0.398 e. The Morgan fingerprint density at radius 2 is 2.06 bits per heavy atom. The van der Waals surface area contributed by atoms with Gasteiger partial charge in [-0.05, 0) is 25.0 Å². The predicted molar refractivity (Wildman–Crippen MR) is 67.1 cm³/mol. The van der Waals surface area contributed by atoms with Crippen molar-refractivity contribution in [1.82, 2.24) is 4.31 Å². The molecule has 0 bridgehead atoms. The molecule has 1 rings (SSSR count). The number of aliphatic hydroxyl groups excluding tert-OH is 1. The van der Waals surface area contributed by atoms with E-state index in [-0.39, 0.29) is 23.7 Å². The van der Waals surface area contributed by atoms with Crippen LogP contribution in [0.1, 0.15) is 12.0 Å². The summed E-state index contributed by atoms with van der Waals surface area (Å²) in [7, 11) is -2.09. The molecule has 0 atom stereocenters. The number of anilines is 1. The second kappa shape index (κ2) is 5.48. The average molecular weight is 258 g/mol. The Morgan fingerprint density at radius 1 is 1.41 bits per heavy atom. The van der Waals surface area contributed by atoms with Gasteiger partial charge in [-0.25, -0.2) is 12.7 Å². The second-order valence-corrected chi connectivity index (χ2v) is 5.88. The number of nitrogens with zero attached hydrogens (tertiary/aromatic N) is 1. The summed E-state index contributed by atoms with van der Waals surface area (Å²) in [5.41, 5.74) is 6.60. The first-order valence-corrected chi connectivity index (χ1v) is 6.77. The van der Waals surface area contributed by atoms with Crippen molar-refractivity contribution in [3.63, 3.8) is 0 Å². The number of hydrogen-bond donors (Lipinski definition) is 2. The fraction of sp³-hybridized carbons (Fsp3) is 0.455. The number of aliphatic hydroxyl groups is 1. The zero-order chi connectivity index (χ0) is 13.1. The Balaban J connectivity index is 3.13. The number of hydrogen-bond acceptors (Lipinski definition) is 4. The van der Waals surface area contributed by atoms with E-state index in [9.17, 15) is 8.42 Å². The van der Waals surface area contributed by atoms with E-state index >= 15 is 0 Å². The summed E-state index contributed by atoms with van der Waals surface area (Å²) in [6, 6.07) is 5.00. The molecule has 0 saturated carbocycles. The lowest BCUT2D eigenvalue weighted by Crippen LogP contribution is -2.29. The highest BCUT2D eigenvalue weighted by atomic mass is 32.2. The van der Waals surface area contributed by atoms with Crippen molar-refractivity contribution in [3.8, 4) is 0 Å². The summed E-state index contributed by atoms with van der Waals surface area (Å²) in [6.45, 7) is 1.94. The van der Waals surface area contributed by atoms with E-state index in [4.69, 9.17) is 10.8 Å². The van der Waals surface area contributed by atoms with Crippen LogP contribution in [-0.4, -0.2) is 38.0 Å². The van der Waals surface area contributed by atoms with Crippen LogP contribution in [-0.2, 0) is 10.0 Å². The molecule has 0 amide bonds. The molecule has 0 aliphatic carbocycles. The van der Waals surface area contributed by atoms with Crippen LogP contribution >= 0.6 is 0 Å². The van der Waals surface area contributed by atoms with Gasteiger partial charge in [-0.2, -0.15) is 0 Å². The van der Waals surface area contributed by atoms with Crippen LogP contribution in [0.2, 0.25) is 0 Å². The number of sulfonamides is 1. The Hall–Kier alpha value is -1.11. The predicted octanol–water partition coefficient (Wildman–Crippen LogP) is 0.580. The molecule has 0 aromatic heterocycles. The van der Waals surface area contributed by atoms with Crippen LogP contribution in [0.15, 0.2) is 23.1 Å². The van der Waals surface area contributed by atoms with E-state index in [1.807, 2.05) is 0 Å². The van der Waals surface area contributed by atoms with Crippen LogP contribution in [0.5, 0.6) is 0 Å². The molecule has 17 heavy (non-hydrogen) atoms. The van der Waals surface area contributed by atoms with Crippen LogP contribution in [0.4, 0.5) is 5.69 Å². The van der Waals surface area contributed by atoms with Gasteiger partial charge in [0.1, 0.15) is 4.90 Å². The molecule has 0 heterocycles. The molecular formula is C11H18N2O3S. The molecule has 1 aromatic carbocycles. The minimum absolute atomic E-state index is 0.0386. The summed E-state index contributed by atoms with van der Waals surface area (Å²) in [4.78, 5) is 0.153. The zero-order valence-electron chi connectivity index (χ0n) is 10.0. The average Bonchev–Trinajstić information content (AvgIpc) is 2.25. The molecule has 5 nitrogen and oxygen atoms in total. The third kappa shape index (κ3) is 2.96. The molecular weight excluding hydrogens is 240 g/mol. The highest BCUT2D eigenvalue weighted by molar-refractivity contribution is 7.89. The van der Waals surface area contributed by atoms with Crippen molar-refractivity contribution in [2.24, 2.45) is 0 Å². The Morgan fingerprint density at radius 3 is 2.59 bits per heavy atom. The lowest BCUT2D eigenvalue weighted by molar-refractivity contribution is 0.275. The second-order valence-electron chi connectivity index (χ2n) is 3.90. The maximum absolute atomic E-state index is 12.2. The molecule has 0 fully saturated rings. The van der Waals surface area contributed by atoms with Gasteiger partial charge < -0.3 is 10.8 Å². The largest absolute Gasteiger partial charge is 0.398 e. The number of aryl methyl sites for hydroxylation is 1. The third-order valence-corrected chi connectivity index (χ3v) is 4.62. The van der Waals surface area contributed by atoms with Gasteiger partial charge in [0.05, 0.1) is 5.69 Å². The number of nitrogens with two attached hydrogens (primary N) is 1. The number of benzene rings is 1. The molecule has 0 aliphatic heterocycles. The number of rotatable bonds is 5. The first kappa shape index (κ1) is 14.0. The summed E-state index contributed by atoms with van der Waals surface area (Å²) in [5, 5.41) is 8.71. The molecule has 0 unspecified atom stereocenters. The monoisotopic (exact) mass is 258 g/mol. The van der Waals surface area contributed by atoms with E-state index in [0.717, 1.165) is 0 Å². The van der Waals surface area contributed by atoms with E-state index < -0.39 is 10.0 Å². The smallest absolute Gasteiger partial charge is 0.245 e. The zero-order valence-corrected chi connectivity index (χ0v) is 10.9. The molecule has 96 valence electrons. The molecule has 1 aromatic rings. The topological polar surface area (TPSA) is 83.6 Å². The SMILES string of the molecule is Cc1cccc(N)c1S(=O)(=O)N(C)CCCO. The van der Waals surface area contributed by atoms with Crippen LogP contribution in [0.3, 0.4) is 0 Å². The van der Waals surface area contributed by atoms with Crippen molar-refractivity contribution >= 4 is 15.7 Å². The van der Waals surface area contributed by atoms with Crippen molar-refractivity contribution in [3.05, 3.63) is 23.8 Å². The lowest BCUT2D eigenvalue weighted by Gasteiger charge is -2.19. The van der Waals surface area contributed by atoms with Crippen LogP contribution < -0.4 is 5.73 Å². The Bertz CT molecular complexity index is 465. The van der Waals surface area contributed by atoms with E-state index in [2.05, 4.69) is 0 Å². The summed E-state index contributed by atoms with van der Waals surface area (Å²) in [6.07, 6.45) is 0.404. The van der Waals surface area contributed by atoms with Crippen molar-refractivity contribution in [1.29, 1.82) is 0 Å². The standard InChI is InChI=1S/C11H18N2O3S/c1-9-5-3-6-10(12)11(9)17(15,16)13(2)7-4-8-14/h3,5-6,14H,4,7-8,12H2,1-2H3. The maximum Gasteiger partial charge on any atom is 0.245 e. The van der Waals surface area contributed by atoms with Crippen LogP contribution in [0, 0.1) is 6.92 Å². The fourth-order valence-electron chi connectivity index (χ4n) is 1.60. The number of nitrogen functional groups attached to an aromatic ring is 1.